The van der Waals surface area contributed by atoms with Crippen LogP contribution >= 0.6 is 23.4 Å². The van der Waals surface area contributed by atoms with Crippen molar-refractivity contribution in [3.63, 3.8) is 0 Å². The highest BCUT2D eigenvalue weighted by molar-refractivity contribution is 7.99. The third kappa shape index (κ3) is 2.28. The second kappa shape index (κ2) is 4.71. The predicted octanol–water partition coefficient (Wildman–Crippen LogP) is 3.24. The zero-order valence-electron chi connectivity index (χ0n) is 9.56. The van der Waals surface area contributed by atoms with Crippen molar-refractivity contribution in [3.05, 3.63) is 28.8 Å². The number of halogens is 1. The van der Waals surface area contributed by atoms with Gasteiger partial charge in [0.15, 0.2) is 0 Å². The molecule has 0 bridgehead atoms. The molecule has 1 aromatic carbocycles. The monoisotopic (exact) mass is 269 g/mol. The summed E-state index contributed by atoms with van der Waals surface area (Å²) in [7, 11) is 0. The molecule has 92 valence electrons. The molecule has 1 fully saturated rings. The van der Waals surface area contributed by atoms with E-state index in [4.69, 9.17) is 22.1 Å². The molecule has 0 aliphatic carbocycles. The molecule has 0 radical (unpaired) electrons. The lowest BCUT2D eigenvalue weighted by atomic mass is 9.90. The van der Waals surface area contributed by atoms with E-state index < -0.39 is 0 Å². The van der Waals surface area contributed by atoms with Gasteiger partial charge in [-0.25, -0.2) is 0 Å². The summed E-state index contributed by atoms with van der Waals surface area (Å²) in [6.45, 7) is 0. The lowest BCUT2D eigenvalue weighted by molar-refractivity contribution is 0.110. The SMILES string of the molecule is N[C@@H]1CC(C2CCSC2)Oc2ccc(Cl)cc21. The molecule has 1 saturated heterocycles. The van der Waals surface area contributed by atoms with Gasteiger partial charge in [0, 0.05) is 29.0 Å². The summed E-state index contributed by atoms with van der Waals surface area (Å²) in [5, 5.41) is 0.734. The predicted molar refractivity (Wildman–Crippen MR) is 72.8 cm³/mol. The molecule has 4 heteroatoms. The van der Waals surface area contributed by atoms with Gasteiger partial charge in [-0.05, 0) is 36.1 Å². The van der Waals surface area contributed by atoms with Gasteiger partial charge < -0.3 is 10.5 Å². The first-order valence-electron chi connectivity index (χ1n) is 6.03. The van der Waals surface area contributed by atoms with Gasteiger partial charge in [-0.15, -0.1) is 0 Å². The summed E-state index contributed by atoms with van der Waals surface area (Å²) < 4.78 is 6.09. The minimum absolute atomic E-state index is 0.0630. The van der Waals surface area contributed by atoms with Crippen molar-refractivity contribution in [3.8, 4) is 5.75 Å². The Morgan fingerprint density at radius 2 is 2.29 bits per heavy atom. The van der Waals surface area contributed by atoms with Gasteiger partial charge in [-0.3, -0.25) is 0 Å². The zero-order valence-corrected chi connectivity index (χ0v) is 11.1. The van der Waals surface area contributed by atoms with Gasteiger partial charge in [-0.1, -0.05) is 11.6 Å². The molecule has 2 unspecified atom stereocenters. The van der Waals surface area contributed by atoms with Crippen molar-refractivity contribution in [2.45, 2.75) is 25.0 Å². The Morgan fingerprint density at radius 3 is 3.06 bits per heavy atom. The van der Waals surface area contributed by atoms with Gasteiger partial charge in [-0.2, -0.15) is 11.8 Å². The molecule has 3 atom stereocenters. The highest BCUT2D eigenvalue weighted by atomic mass is 35.5. The van der Waals surface area contributed by atoms with Crippen LogP contribution in [0.1, 0.15) is 24.4 Å². The van der Waals surface area contributed by atoms with Crippen LogP contribution in [-0.2, 0) is 0 Å². The van der Waals surface area contributed by atoms with Crippen LogP contribution in [0.2, 0.25) is 5.02 Å². The first-order valence-corrected chi connectivity index (χ1v) is 7.57. The number of hydrogen-bond donors (Lipinski definition) is 1. The molecule has 3 rings (SSSR count). The number of fused-ring (bicyclic) bond motifs is 1. The number of ether oxygens (including phenoxy) is 1. The Bertz CT molecular complexity index is 420. The van der Waals surface area contributed by atoms with E-state index in [0.717, 1.165) is 22.8 Å². The second-order valence-corrected chi connectivity index (χ2v) is 6.39. The fourth-order valence-corrected chi connectivity index (χ4v) is 4.14. The largest absolute Gasteiger partial charge is 0.490 e. The minimum atomic E-state index is 0.0630. The van der Waals surface area contributed by atoms with E-state index in [9.17, 15) is 0 Å². The van der Waals surface area contributed by atoms with E-state index >= 15 is 0 Å². The number of rotatable bonds is 1. The number of thioether (sulfide) groups is 1. The van der Waals surface area contributed by atoms with E-state index in [1.54, 1.807) is 0 Å². The van der Waals surface area contributed by atoms with Gasteiger partial charge in [0.05, 0.1) is 0 Å². The van der Waals surface area contributed by atoms with E-state index in [-0.39, 0.29) is 12.1 Å². The zero-order chi connectivity index (χ0) is 11.8. The summed E-state index contributed by atoms with van der Waals surface area (Å²) >= 11 is 8.01. The van der Waals surface area contributed by atoms with Crippen molar-refractivity contribution in [1.29, 1.82) is 0 Å². The molecule has 0 amide bonds. The number of nitrogens with two attached hydrogens (primary N) is 1. The van der Waals surface area contributed by atoms with Crippen molar-refractivity contribution < 1.29 is 4.74 Å². The number of hydrogen-bond acceptors (Lipinski definition) is 3. The van der Waals surface area contributed by atoms with E-state index in [1.807, 2.05) is 30.0 Å². The highest BCUT2D eigenvalue weighted by Gasteiger charge is 2.33. The maximum absolute atomic E-state index is 6.23. The maximum atomic E-state index is 6.23. The Labute approximate surface area is 111 Å². The van der Waals surface area contributed by atoms with Gasteiger partial charge >= 0.3 is 0 Å². The molecule has 2 heterocycles. The Morgan fingerprint density at radius 1 is 1.41 bits per heavy atom. The quantitative estimate of drug-likeness (QED) is 0.850. The lowest BCUT2D eigenvalue weighted by Crippen LogP contribution is -2.35. The van der Waals surface area contributed by atoms with Gasteiger partial charge in [0.25, 0.3) is 0 Å². The first-order chi connectivity index (χ1) is 8.24. The maximum Gasteiger partial charge on any atom is 0.124 e. The van der Waals surface area contributed by atoms with Crippen molar-refractivity contribution >= 4 is 23.4 Å². The summed E-state index contributed by atoms with van der Waals surface area (Å²) in [5.41, 5.74) is 7.28. The molecule has 2 nitrogen and oxygen atoms in total. The fourth-order valence-electron chi connectivity index (χ4n) is 2.64. The van der Waals surface area contributed by atoms with Crippen LogP contribution in [0.15, 0.2) is 18.2 Å². The lowest BCUT2D eigenvalue weighted by Gasteiger charge is -2.33. The van der Waals surface area contributed by atoms with Gasteiger partial charge in [0.1, 0.15) is 11.9 Å². The molecular weight excluding hydrogens is 254 g/mol. The molecule has 17 heavy (non-hydrogen) atoms. The van der Waals surface area contributed by atoms with Crippen LogP contribution in [0.5, 0.6) is 5.75 Å². The van der Waals surface area contributed by atoms with Crippen LogP contribution in [0, 0.1) is 5.92 Å². The molecular formula is C13H16ClNOS. The minimum Gasteiger partial charge on any atom is -0.490 e. The molecule has 0 saturated carbocycles. The standard InChI is InChI=1S/C13H16ClNOS/c14-9-1-2-12-10(5-9)11(15)6-13(16-12)8-3-4-17-7-8/h1-2,5,8,11,13H,3-4,6-7,15H2/t8?,11-,13?/m1/s1. The summed E-state index contributed by atoms with van der Waals surface area (Å²) in [6.07, 6.45) is 2.46. The third-order valence-corrected chi connectivity index (χ3v) is 5.05. The van der Waals surface area contributed by atoms with Crippen molar-refractivity contribution in [1.82, 2.24) is 0 Å². The summed E-state index contributed by atoms with van der Waals surface area (Å²) in [5.74, 6) is 4.05. The van der Waals surface area contributed by atoms with Crippen LogP contribution in [0.3, 0.4) is 0 Å². The molecule has 2 aliphatic heterocycles. The smallest absolute Gasteiger partial charge is 0.124 e. The molecule has 1 aromatic rings. The van der Waals surface area contributed by atoms with Crippen LogP contribution < -0.4 is 10.5 Å². The van der Waals surface area contributed by atoms with Gasteiger partial charge in [0.2, 0.25) is 0 Å². The average Bonchev–Trinajstić information content (AvgIpc) is 2.83. The first kappa shape index (κ1) is 11.7. The fraction of sp³-hybridized carbons (Fsp3) is 0.538. The average molecular weight is 270 g/mol. The van der Waals surface area contributed by atoms with Crippen molar-refractivity contribution in [2.75, 3.05) is 11.5 Å². The van der Waals surface area contributed by atoms with E-state index in [0.29, 0.717) is 5.92 Å². The third-order valence-electron chi connectivity index (χ3n) is 3.63. The Hall–Kier alpha value is -0.380. The highest BCUT2D eigenvalue weighted by Crippen LogP contribution is 2.40. The molecule has 0 spiro atoms. The van der Waals surface area contributed by atoms with E-state index in [2.05, 4.69) is 0 Å². The van der Waals surface area contributed by atoms with Crippen LogP contribution in [0.4, 0.5) is 0 Å². The topological polar surface area (TPSA) is 35.2 Å². The summed E-state index contributed by atoms with van der Waals surface area (Å²) in [4.78, 5) is 0. The number of benzene rings is 1. The molecule has 0 aromatic heterocycles. The van der Waals surface area contributed by atoms with Crippen LogP contribution in [0.25, 0.3) is 0 Å². The normalized spacial score (nSPS) is 32.0. The van der Waals surface area contributed by atoms with E-state index in [1.165, 1.54) is 17.9 Å². The second-order valence-electron chi connectivity index (χ2n) is 4.80. The Balaban J connectivity index is 1.84. The Kier molecular flexibility index (Phi) is 3.24. The summed E-state index contributed by atoms with van der Waals surface area (Å²) in [6, 6.07) is 5.82. The molecule has 2 aliphatic rings. The van der Waals surface area contributed by atoms with Crippen molar-refractivity contribution in [2.24, 2.45) is 11.7 Å². The molecule has 2 N–H and O–H groups in total. The van der Waals surface area contributed by atoms with Crippen LogP contribution in [-0.4, -0.2) is 17.6 Å².